The van der Waals surface area contributed by atoms with Gasteiger partial charge in [0.1, 0.15) is 12.6 Å². The molecule has 1 aliphatic rings. The number of carbonyl (C=O) groups excluding carboxylic acids is 3. The Labute approximate surface area is 115 Å². The number of amides is 3. The van der Waals surface area contributed by atoms with Crippen LogP contribution in [0.25, 0.3) is 0 Å². The van der Waals surface area contributed by atoms with Gasteiger partial charge in [0, 0.05) is 24.9 Å². The molecule has 0 radical (unpaired) electrons. The van der Waals surface area contributed by atoms with Gasteiger partial charge in [0.15, 0.2) is 0 Å². The molecular weight excluding hydrogens is 262 g/mol. The Balaban J connectivity index is 2.34. The van der Waals surface area contributed by atoms with Crippen molar-refractivity contribution in [3.05, 3.63) is 34.2 Å². The first kappa shape index (κ1) is 14.0. The first-order valence-corrected chi connectivity index (χ1v) is 6.25. The van der Waals surface area contributed by atoms with Gasteiger partial charge in [0.05, 0.1) is 0 Å². The van der Waals surface area contributed by atoms with Gasteiger partial charge >= 0.3 is 0 Å². The van der Waals surface area contributed by atoms with E-state index in [-0.39, 0.29) is 17.7 Å². The predicted octanol–water partition coefficient (Wildman–Crippen LogP) is -0.738. The van der Waals surface area contributed by atoms with Crippen molar-refractivity contribution in [1.29, 1.82) is 0 Å². The number of imide groups is 1. The number of hydrogen-bond acceptors (Lipinski definition) is 4. The topological polar surface area (TPSA) is 88.5 Å². The van der Waals surface area contributed by atoms with Crippen LogP contribution in [0.4, 0.5) is 0 Å². The summed E-state index contributed by atoms with van der Waals surface area (Å²) in [5.41, 5.74) is -0.147. The standard InChI is InChI=1S/C13H15N3O4/c1-3-9-12(19)14-10(17)7-16(9)13(20)8-4-5-15(2)11(18)6-8/h4-6,9H,3,7H2,1-2H3,(H,14,17,19). The Bertz CT molecular complexity index is 635. The van der Waals surface area contributed by atoms with Crippen LogP contribution in [0.3, 0.4) is 0 Å². The normalized spacial score (nSPS) is 18.9. The smallest absolute Gasteiger partial charge is 0.255 e. The van der Waals surface area contributed by atoms with E-state index >= 15 is 0 Å². The van der Waals surface area contributed by atoms with Crippen LogP contribution in [-0.2, 0) is 16.6 Å². The van der Waals surface area contributed by atoms with Gasteiger partial charge in [0.2, 0.25) is 11.8 Å². The van der Waals surface area contributed by atoms with Crippen molar-refractivity contribution in [1.82, 2.24) is 14.8 Å². The van der Waals surface area contributed by atoms with Crippen LogP contribution in [0.15, 0.2) is 23.1 Å². The van der Waals surface area contributed by atoms with Crippen LogP contribution < -0.4 is 10.9 Å². The molecule has 0 aliphatic carbocycles. The molecule has 7 heteroatoms. The van der Waals surface area contributed by atoms with E-state index in [4.69, 9.17) is 0 Å². The summed E-state index contributed by atoms with van der Waals surface area (Å²) in [6.45, 7) is 1.57. The Hall–Kier alpha value is -2.44. The number of nitrogens with zero attached hydrogens (tertiary/aromatic N) is 2. The maximum atomic E-state index is 12.4. The summed E-state index contributed by atoms with van der Waals surface area (Å²) < 4.78 is 1.34. The van der Waals surface area contributed by atoms with Crippen LogP contribution >= 0.6 is 0 Å². The lowest BCUT2D eigenvalue weighted by atomic mass is 10.1. The minimum absolute atomic E-state index is 0.175. The highest BCUT2D eigenvalue weighted by Crippen LogP contribution is 2.13. The Morgan fingerprint density at radius 3 is 2.70 bits per heavy atom. The monoisotopic (exact) mass is 277 g/mol. The fourth-order valence-electron chi connectivity index (χ4n) is 2.13. The molecule has 106 valence electrons. The second kappa shape index (κ2) is 5.28. The van der Waals surface area contributed by atoms with Crippen molar-refractivity contribution in [3.8, 4) is 0 Å². The lowest BCUT2D eigenvalue weighted by Gasteiger charge is -2.33. The van der Waals surface area contributed by atoms with Gasteiger partial charge in [0.25, 0.3) is 11.5 Å². The molecule has 0 spiro atoms. The van der Waals surface area contributed by atoms with Crippen LogP contribution in [0.5, 0.6) is 0 Å². The third-order valence-electron chi connectivity index (χ3n) is 3.25. The molecule has 1 aliphatic heterocycles. The first-order valence-electron chi connectivity index (χ1n) is 6.25. The molecular formula is C13H15N3O4. The summed E-state index contributed by atoms with van der Waals surface area (Å²) in [6.07, 6.45) is 1.87. The van der Waals surface area contributed by atoms with Gasteiger partial charge in [-0.1, -0.05) is 6.92 Å². The second-order valence-corrected chi connectivity index (χ2v) is 4.63. The number of pyridine rings is 1. The Morgan fingerprint density at radius 2 is 2.10 bits per heavy atom. The molecule has 3 amide bonds. The lowest BCUT2D eigenvalue weighted by molar-refractivity contribution is -0.138. The molecule has 2 rings (SSSR count). The van der Waals surface area contributed by atoms with Crippen LogP contribution in [0, 0.1) is 0 Å². The zero-order chi connectivity index (χ0) is 14.9. The van der Waals surface area contributed by atoms with Gasteiger partial charge in [-0.15, -0.1) is 0 Å². The quantitative estimate of drug-likeness (QED) is 0.721. The van der Waals surface area contributed by atoms with Gasteiger partial charge in [-0.25, -0.2) is 0 Å². The number of carbonyl (C=O) groups is 3. The number of aromatic nitrogens is 1. The zero-order valence-electron chi connectivity index (χ0n) is 11.3. The average Bonchev–Trinajstić information content (AvgIpc) is 2.40. The van der Waals surface area contributed by atoms with Crippen molar-refractivity contribution in [2.45, 2.75) is 19.4 Å². The van der Waals surface area contributed by atoms with Gasteiger partial charge < -0.3 is 9.47 Å². The minimum Gasteiger partial charge on any atom is -0.319 e. The summed E-state index contributed by atoms with van der Waals surface area (Å²) >= 11 is 0. The molecule has 0 saturated carbocycles. The van der Waals surface area contributed by atoms with E-state index in [1.807, 2.05) is 0 Å². The van der Waals surface area contributed by atoms with Crippen molar-refractivity contribution in [3.63, 3.8) is 0 Å². The van der Waals surface area contributed by atoms with Crippen LogP contribution in [-0.4, -0.2) is 39.8 Å². The summed E-state index contributed by atoms with van der Waals surface area (Å²) in [5.74, 6) is -1.49. The fourth-order valence-corrected chi connectivity index (χ4v) is 2.13. The Kier molecular flexibility index (Phi) is 3.69. The van der Waals surface area contributed by atoms with Crippen molar-refractivity contribution in [2.75, 3.05) is 6.54 Å². The molecule has 7 nitrogen and oxygen atoms in total. The molecule has 1 aromatic rings. The summed E-state index contributed by atoms with van der Waals surface area (Å²) in [4.78, 5) is 48.2. The van der Waals surface area contributed by atoms with Gasteiger partial charge in [-0.05, 0) is 12.5 Å². The SMILES string of the molecule is CCC1C(=O)NC(=O)CN1C(=O)c1ccn(C)c(=O)c1. The molecule has 1 aromatic heterocycles. The Morgan fingerprint density at radius 1 is 1.40 bits per heavy atom. The second-order valence-electron chi connectivity index (χ2n) is 4.63. The maximum absolute atomic E-state index is 12.4. The minimum atomic E-state index is -0.691. The van der Waals surface area contributed by atoms with Crippen molar-refractivity contribution in [2.24, 2.45) is 7.05 Å². The summed E-state index contributed by atoms with van der Waals surface area (Å²) in [5, 5.41) is 2.20. The van der Waals surface area contributed by atoms with E-state index in [0.717, 1.165) is 0 Å². The highest BCUT2D eigenvalue weighted by molar-refractivity contribution is 6.07. The number of nitrogens with one attached hydrogen (secondary N) is 1. The van der Waals surface area contributed by atoms with Crippen molar-refractivity contribution >= 4 is 17.7 Å². The lowest BCUT2D eigenvalue weighted by Crippen LogP contribution is -2.59. The zero-order valence-corrected chi connectivity index (χ0v) is 11.3. The van der Waals surface area contributed by atoms with E-state index < -0.39 is 23.8 Å². The fraction of sp³-hybridized carbons (Fsp3) is 0.385. The van der Waals surface area contributed by atoms with E-state index in [1.54, 1.807) is 14.0 Å². The molecule has 1 atom stereocenters. The van der Waals surface area contributed by atoms with Crippen molar-refractivity contribution < 1.29 is 14.4 Å². The third kappa shape index (κ3) is 2.47. The van der Waals surface area contributed by atoms with E-state index in [1.165, 1.54) is 27.8 Å². The molecule has 2 heterocycles. The summed E-state index contributed by atoms with van der Waals surface area (Å²) in [6, 6.07) is 2.00. The number of rotatable bonds is 2. The molecule has 0 bridgehead atoms. The first-order chi connectivity index (χ1) is 9.43. The predicted molar refractivity (Wildman–Crippen MR) is 69.9 cm³/mol. The molecule has 1 unspecified atom stereocenters. The molecule has 20 heavy (non-hydrogen) atoms. The van der Waals surface area contributed by atoms with Gasteiger partial charge in [-0.3, -0.25) is 24.5 Å². The van der Waals surface area contributed by atoms with Gasteiger partial charge in [-0.2, -0.15) is 0 Å². The van der Waals surface area contributed by atoms with E-state index in [0.29, 0.717) is 6.42 Å². The van der Waals surface area contributed by atoms with Crippen LogP contribution in [0.2, 0.25) is 0 Å². The molecule has 1 saturated heterocycles. The number of aryl methyl sites for hydroxylation is 1. The molecule has 0 aromatic carbocycles. The molecule has 1 fully saturated rings. The van der Waals surface area contributed by atoms with E-state index in [9.17, 15) is 19.2 Å². The maximum Gasteiger partial charge on any atom is 0.255 e. The number of piperazine rings is 1. The largest absolute Gasteiger partial charge is 0.319 e. The average molecular weight is 277 g/mol. The van der Waals surface area contributed by atoms with E-state index in [2.05, 4.69) is 5.32 Å². The number of hydrogen-bond donors (Lipinski definition) is 1. The summed E-state index contributed by atoms with van der Waals surface area (Å²) in [7, 11) is 1.57. The third-order valence-corrected chi connectivity index (χ3v) is 3.25. The van der Waals surface area contributed by atoms with Crippen LogP contribution in [0.1, 0.15) is 23.7 Å². The highest BCUT2D eigenvalue weighted by Gasteiger charge is 2.35. The highest BCUT2D eigenvalue weighted by atomic mass is 16.2. The molecule has 1 N–H and O–H groups in total.